The smallest absolute Gasteiger partial charge is 0.296 e. The SMILES string of the molecule is C.CCC1(COS(=O)(=O)c2ccc(C)cc2)CCC(O)CC1.CCC1(COS(=O)(=O)c2ccc(C)cc2)CCC(O[Si](C)(C)C(C)(C)C)CC1. The summed E-state index contributed by atoms with van der Waals surface area (Å²) in [6, 6.07) is 13.5. The maximum Gasteiger partial charge on any atom is 0.296 e. The molecule has 2 aliphatic carbocycles. The normalized spacial score (nSPS) is 24.8. The van der Waals surface area contributed by atoms with Crippen molar-refractivity contribution in [2.45, 2.75) is 160 Å². The van der Waals surface area contributed by atoms with Crippen molar-refractivity contribution in [3.05, 3.63) is 59.7 Å². The molecule has 0 saturated heterocycles. The third-order valence-electron chi connectivity index (χ3n) is 11.4. The summed E-state index contributed by atoms with van der Waals surface area (Å²) < 4.78 is 67.0. The lowest BCUT2D eigenvalue weighted by Crippen LogP contribution is -2.46. The van der Waals surface area contributed by atoms with Gasteiger partial charge in [-0.05, 0) is 131 Å². The Labute approximate surface area is 306 Å². The summed E-state index contributed by atoms with van der Waals surface area (Å²) in [5, 5.41) is 9.82. The van der Waals surface area contributed by atoms with E-state index in [0.717, 1.165) is 75.3 Å². The van der Waals surface area contributed by atoms with Gasteiger partial charge in [0.05, 0.1) is 29.1 Å². The Morgan fingerprint density at radius 2 is 1.04 bits per heavy atom. The van der Waals surface area contributed by atoms with Crippen LogP contribution in [0.15, 0.2) is 58.3 Å². The van der Waals surface area contributed by atoms with Crippen molar-refractivity contribution in [1.29, 1.82) is 0 Å². The van der Waals surface area contributed by atoms with Crippen molar-refractivity contribution in [3.8, 4) is 0 Å². The molecule has 50 heavy (non-hydrogen) atoms. The van der Waals surface area contributed by atoms with E-state index in [1.165, 1.54) is 0 Å². The summed E-state index contributed by atoms with van der Waals surface area (Å²) in [6.07, 6.45) is 8.76. The summed E-state index contributed by atoms with van der Waals surface area (Å²) in [5.41, 5.74) is 1.84. The largest absolute Gasteiger partial charge is 0.414 e. The van der Waals surface area contributed by atoms with Crippen molar-refractivity contribution in [3.63, 3.8) is 0 Å². The van der Waals surface area contributed by atoms with Crippen LogP contribution < -0.4 is 0 Å². The van der Waals surface area contributed by atoms with Gasteiger partial charge in [0.1, 0.15) is 0 Å². The fourth-order valence-electron chi connectivity index (χ4n) is 6.28. The van der Waals surface area contributed by atoms with Crippen LogP contribution in [0.1, 0.15) is 117 Å². The van der Waals surface area contributed by atoms with E-state index in [2.05, 4.69) is 47.7 Å². The third kappa shape index (κ3) is 12.2. The number of hydrogen-bond acceptors (Lipinski definition) is 8. The Bertz CT molecular complexity index is 1530. The van der Waals surface area contributed by atoms with Crippen LogP contribution in [0, 0.1) is 24.7 Å². The second kappa shape index (κ2) is 17.9. The molecule has 2 aromatic rings. The molecule has 0 atom stereocenters. The van der Waals surface area contributed by atoms with Gasteiger partial charge in [0.25, 0.3) is 20.2 Å². The minimum atomic E-state index is -3.71. The summed E-state index contributed by atoms with van der Waals surface area (Å²) >= 11 is 0. The zero-order chi connectivity index (χ0) is 36.7. The van der Waals surface area contributed by atoms with Crippen LogP contribution in [0.2, 0.25) is 18.1 Å². The predicted molar refractivity (Wildman–Crippen MR) is 206 cm³/mol. The third-order valence-corrected chi connectivity index (χ3v) is 18.5. The summed E-state index contributed by atoms with van der Waals surface area (Å²) in [5.74, 6) is 0. The first-order valence-corrected chi connectivity index (χ1v) is 23.7. The lowest BCUT2D eigenvalue weighted by molar-refractivity contribution is 0.0308. The molecule has 1 N–H and O–H groups in total. The van der Waals surface area contributed by atoms with Gasteiger partial charge in [-0.15, -0.1) is 0 Å². The van der Waals surface area contributed by atoms with Gasteiger partial charge >= 0.3 is 0 Å². The number of rotatable bonds is 12. The van der Waals surface area contributed by atoms with Crippen molar-refractivity contribution < 1.29 is 34.7 Å². The van der Waals surface area contributed by atoms with Crippen LogP contribution in [0.3, 0.4) is 0 Å². The average molecular weight is 755 g/mol. The Morgan fingerprint density at radius 3 is 1.36 bits per heavy atom. The van der Waals surface area contributed by atoms with E-state index in [9.17, 15) is 21.9 Å². The molecule has 0 aromatic heterocycles. The number of aryl methyl sites for hydroxylation is 2. The molecule has 2 aliphatic rings. The van der Waals surface area contributed by atoms with Gasteiger partial charge < -0.3 is 9.53 Å². The van der Waals surface area contributed by atoms with Crippen LogP contribution in [-0.4, -0.2) is 55.7 Å². The highest BCUT2D eigenvalue weighted by Gasteiger charge is 2.42. The van der Waals surface area contributed by atoms with Crippen LogP contribution in [0.25, 0.3) is 0 Å². The molecule has 0 aliphatic heterocycles. The molecular formula is C39H66O8S2Si. The lowest BCUT2D eigenvalue weighted by atomic mass is 9.72. The van der Waals surface area contributed by atoms with Crippen LogP contribution in [0.4, 0.5) is 0 Å². The fraction of sp³-hybridized carbons (Fsp3) is 0.692. The van der Waals surface area contributed by atoms with Gasteiger partial charge in [-0.2, -0.15) is 16.8 Å². The molecule has 0 heterocycles. The maximum absolute atomic E-state index is 12.6. The van der Waals surface area contributed by atoms with Crippen molar-refractivity contribution in [1.82, 2.24) is 0 Å². The summed E-state index contributed by atoms with van der Waals surface area (Å²) in [6.45, 7) is 19.9. The van der Waals surface area contributed by atoms with Crippen molar-refractivity contribution in [2.24, 2.45) is 10.8 Å². The molecule has 8 nitrogen and oxygen atoms in total. The second-order valence-corrected chi connectivity index (χ2v) is 24.1. The Balaban J connectivity index is 0.000000353. The van der Waals surface area contributed by atoms with E-state index >= 15 is 0 Å². The Morgan fingerprint density at radius 1 is 0.700 bits per heavy atom. The first kappa shape index (κ1) is 44.6. The monoisotopic (exact) mass is 754 g/mol. The molecular weight excluding hydrogens is 689 g/mol. The molecule has 286 valence electrons. The number of aliphatic hydroxyl groups is 1. The summed E-state index contributed by atoms with van der Waals surface area (Å²) in [4.78, 5) is 0.439. The molecule has 0 unspecified atom stereocenters. The van der Waals surface area contributed by atoms with Crippen LogP contribution in [0.5, 0.6) is 0 Å². The molecule has 2 aromatic carbocycles. The minimum Gasteiger partial charge on any atom is -0.414 e. The van der Waals surface area contributed by atoms with Gasteiger partial charge in [0.2, 0.25) is 0 Å². The number of benzene rings is 2. The highest BCUT2D eigenvalue weighted by atomic mass is 32.2. The Hall–Kier alpha value is -1.60. The van der Waals surface area contributed by atoms with Gasteiger partial charge in [0, 0.05) is 6.10 Å². The average Bonchev–Trinajstić information content (AvgIpc) is 3.05. The molecule has 11 heteroatoms. The van der Waals surface area contributed by atoms with Gasteiger partial charge in [-0.1, -0.05) is 77.4 Å². The van der Waals surface area contributed by atoms with Gasteiger partial charge in [0.15, 0.2) is 8.32 Å². The maximum atomic E-state index is 12.6. The molecule has 0 amide bonds. The first-order chi connectivity index (χ1) is 22.7. The minimum absolute atomic E-state index is 0. The zero-order valence-electron chi connectivity index (χ0n) is 31.4. The van der Waals surface area contributed by atoms with Crippen LogP contribution in [-0.2, 0) is 33.0 Å². The topological polar surface area (TPSA) is 116 Å². The van der Waals surface area contributed by atoms with E-state index < -0.39 is 28.6 Å². The standard InChI is InChI=1S/C22H38O4SSi.C16H24O4S.CH4/c1-8-22(17-25-27(23,24)20-11-9-18(2)10-12-20)15-13-19(14-16-22)26-28(6,7)21(3,4)5;1-3-16(10-8-14(17)9-11-16)12-20-21(18,19)15-6-4-13(2)5-7-15;/h9-12,19H,8,13-17H2,1-7H3;4-7,14,17H,3,8-12H2,1-2H3;1H4. The van der Waals surface area contributed by atoms with Crippen LogP contribution >= 0.6 is 0 Å². The van der Waals surface area contributed by atoms with E-state index in [4.69, 9.17) is 12.8 Å². The zero-order valence-corrected chi connectivity index (χ0v) is 34.0. The van der Waals surface area contributed by atoms with E-state index in [1.807, 2.05) is 13.8 Å². The first-order valence-electron chi connectivity index (χ1n) is 18.0. The molecule has 0 radical (unpaired) electrons. The highest BCUT2D eigenvalue weighted by molar-refractivity contribution is 7.87. The Kier molecular flexibility index (Phi) is 16.0. The molecule has 2 saturated carbocycles. The molecule has 4 rings (SSSR count). The van der Waals surface area contributed by atoms with Crippen molar-refractivity contribution in [2.75, 3.05) is 13.2 Å². The van der Waals surface area contributed by atoms with E-state index in [0.29, 0.717) is 0 Å². The predicted octanol–water partition coefficient (Wildman–Crippen LogP) is 9.73. The highest BCUT2D eigenvalue weighted by Crippen LogP contribution is 2.44. The van der Waals surface area contributed by atoms with E-state index in [-0.39, 0.29) is 58.5 Å². The molecule has 0 bridgehead atoms. The summed E-state index contributed by atoms with van der Waals surface area (Å²) in [7, 11) is -9.18. The van der Waals surface area contributed by atoms with Gasteiger partial charge in [-0.25, -0.2) is 0 Å². The fourth-order valence-corrected chi connectivity index (χ4v) is 9.72. The number of hydrogen-bond donors (Lipinski definition) is 1. The lowest BCUT2D eigenvalue weighted by Gasteiger charge is -2.44. The van der Waals surface area contributed by atoms with E-state index in [1.54, 1.807) is 48.5 Å². The number of aliphatic hydroxyl groups excluding tert-OH is 1. The van der Waals surface area contributed by atoms with Gasteiger partial charge in [-0.3, -0.25) is 8.37 Å². The quantitative estimate of drug-likeness (QED) is 0.168. The molecule has 2 fully saturated rings. The van der Waals surface area contributed by atoms with Crippen molar-refractivity contribution >= 4 is 28.6 Å². The second-order valence-electron chi connectivity index (χ2n) is 16.1. The molecule has 0 spiro atoms.